The number of anilines is 1. The van der Waals surface area contributed by atoms with Crippen molar-refractivity contribution in [3.63, 3.8) is 0 Å². The van der Waals surface area contributed by atoms with Gasteiger partial charge < -0.3 is 11.1 Å². The summed E-state index contributed by atoms with van der Waals surface area (Å²) in [6.45, 7) is 4.66. The smallest absolute Gasteiger partial charge is 0.148 e. The van der Waals surface area contributed by atoms with Crippen LogP contribution in [0.15, 0.2) is 12.1 Å². The van der Waals surface area contributed by atoms with E-state index in [0.717, 1.165) is 11.5 Å². The van der Waals surface area contributed by atoms with E-state index in [1.54, 1.807) is 0 Å². The molecule has 1 aromatic heterocycles. The summed E-state index contributed by atoms with van der Waals surface area (Å²) in [5, 5.41) is 11.6. The molecule has 88 valence electrons. The molecule has 1 fully saturated rings. The first kappa shape index (κ1) is 11.3. The van der Waals surface area contributed by atoms with Crippen LogP contribution in [0.2, 0.25) is 0 Å². The van der Waals surface area contributed by atoms with E-state index in [1.807, 2.05) is 19.9 Å². The van der Waals surface area contributed by atoms with Gasteiger partial charge in [0.25, 0.3) is 0 Å². The van der Waals surface area contributed by atoms with Crippen LogP contribution in [-0.4, -0.2) is 22.3 Å². The summed E-state index contributed by atoms with van der Waals surface area (Å²) in [7, 11) is 0. The molecule has 4 heteroatoms. The third kappa shape index (κ3) is 2.92. The minimum Gasteiger partial charge on any atom is -0.367 e. The largest absolute Gasteiger partial charge is 0.367 e. The molecule has 2 rings (SSSR count). The zero-order chi connectivity index (χ0) is 11.6. The summed E-state index contributed by atoms with van der Waals surface area (Å²) in [4.78, 5) is 0. The second kappa shape index (κ2) is 4.37. The predicted molar refractivity (Wildman–Crippen MR) is 65.4 cm³/mol. The second-order valence-corrected chi connectivity index (χ2v) is 5.31. The van der Waals surface area contributed by atoms with E-state index >= 15 is 0 Å². The van der Waals surface area contributed by atoms with E-state index in [4.69, 9.17) is 5.73 Å². The molecule has 1 saturated carbocycles. The van der Waals surface area contributed by atoms with Crippen molar-refractivity contribution in [3.05, 3.63) is 17.8 Å². The van der Waals surface area contributed by atoms with Crippen molar-refractivity contribution in [2.45, 2.75) is 44.6 Å². The van der Waals surface area contributed by atoms with Gasteiger partial charge in [-0.25, -0.2) is 0 Å². The Balaban J connectivity index is 1.91. The van der Waals surface area contributed by atoms with Gasteiger partial charge in [0.1, 0.15) is 5.82 Å². The number of nitrogens with one attached hydrogen (secondary N) is 1. The molecule has 0 atom stereocenters. The predicted octanol–water partition coefficient (Wildman–Crippen LogP) is 1.89. The molecule has 0 bridgehead atoms. The van der Waals surface area contributed by atoms with Crippen LogP contribution in [0.3, 0.4) is 0 Å². The minimum absolute atomic E-state index is 0.228. The maximum atomic E-state index is 5.88. The zero-order valence-corrected chi connectivity index (χ0v) is 10.0. The molecule has 0 radical (unpaired) electrons. The Morgan fingerprint density at radius 3 is 2.56 bits per heavy atom. The van der Waals surface area contributed by atoms with E-state index < -0.39 is 0 Å². The normalized spacial score (nSPS) is 16.9. The summed E-state index contributed by atoms with van der Waals surface area (Å²) >= 11 is 0. The molecule has 1 aliphatic rings. The molecular weight excluding hydrogens is 200 g/mol. The lowest BCUT2D eigenvalue weighted by molar-refractivity contribution is 0.408. The standard InChI is InChI=1S/C12H20N4/c1-12(2,13)8-14-11-7-6-10(15-16-11)9-4-3-5-9/h6-7,9H,3-5,8,13H2,1-2H3,(H,14,16). The van der Waals surface area contributed by atoms with Crippen LogP contribution in [-0.2, 0) is 0 Å². The summed E-state index contributed by atoms with van der Waals surface area (Å²) in [6, 6.07) is 4.06. The quantitative estimate of drug-likeness (QED) is 0.813. The maximum absolute atomic E-state index is 5.88. The first-order valence-corrected chi connectivity index (χ1v) is 5.91. The van der Waals surface area contributed by atoms with Crippen LogP contribution in [0.5, 0.6) is 0 Å². The number of aromatic nitrogens is 2. The minimum atomic E-state index is -0.228. The number of hydrogen-bond acceptors (Lipinski definition) is 4. The third-order valence-corrected chi connectivity index (χ3v) is 2.93. The zero-order valence-electron chi connectivity index (χ0n) is 10.0. The van der Waals surface area contributed by atoms with Crippen molar-refractivity contribution in [2.24, 2.45) is 5.73 Å². The molecule has 0 unspecified atom stereocenters. The fourth-order valence-electron chi connectivity index (χ4n) is 1.68. The van der Waals surface area contributed by atoms with Crippen LogP contribution in [0.4, 0.5) is 5.82 Å². The van der Waals surface area contributed by atoms with Crippen molar-refractivity contribution in [3.8, 4) is 0 Å². The van der Waals surface area contributed by atoms with Crippen LogP contribution in [0.1, 0.15) is 44.7 Å². The number of nitrogens with zero attached hydrogens (tertiary/aromatic N) is 2. The molecule has 0 spiro atoms. The van der Waals surface area contributed by atoms with Gasteiger partial charge in [0.05, 0.1) is 5.69 Å². The Labute approximate surface area is 96.6 Å². The van der Waals surface area contributed by atoms with Gasteiger partial charge in [0, 0.05) is 18.0 Å². The molecule has 1 aliphatic carbocycles. The monoisotopic (exact) mass is 220 g/mol. The molecule has 0 amide bonds. The third-order valence-electron chi connectivity index (χ3n) is 2.93. The van der Waals surface area contributed by atoms with Gasteiger partial charge in [-0.2, -0.15) is 5.10 Å². The Bertz CT molecular complexity index is 335. The highest BCUT2D eigenvalue weighted by Gasteiger charge is 2.21. The van der Waals surface area contributed by atoms with Crippen LogP contribution < -0.4 is 11.1 Å². The van der Waals surface area contributed by atoms with E-state index in [2.05, 4.69) is 21.6 Å². The van der Waals surface area contributed by atoms with Gasteiger partial charge in [-0.15, -0.1) is 5.10 Å². The van der Waals surface area contributed by atoms with E-state index in [-0.39, 0.29) is 5.54 Å². The highest BCUT2D eigenvalue weighted by atomic mass is 15.2. The van der Waals surface area contributed by atoms with Crippen molar-refractivity contribution >= 4 is 5.82 Å². The van der Waals surface area contributed by atoms with Crippen molar-refractivity contribution in [1.82, 2.24) is 10.2 Å². The summed E-state index contributed by atoms with van der Waals surface area (Å²) in [6.07, 6.45) is 3.85. The van der Waals surface area contributed by atoms with Crippen molar-refractivity contribution in [1.29, 1.82) is 0 Å². The van der Waals surface area contributed by atoms with Gasteiger partial charge in [0.2, 0.25) is 0 Å². The topological polar surface area (TPSA) is 63.8 Å². The average molecular weight is 220 g/mol. The van der Waals surface area contributed by atoms with Gasteiger partial charge >= 0.3 is 0 Å². The highest BCUT2D eigenvalue weighted by Crippen LogP contribution is 2.34. The van der Waals surface area contributed by atoms with Crippen molar-refractivity contribution in [2.75, 3.05) is 11.9 Å². The number of rotatable bonds is 4. The van der Waals surface area contributed by atoms with Crippen LogP contribution in [0.25, 0.3) is 0 Å². The summed E-state index contributed by atoms with van der Waals surface area (Å²) in [5.74, 6) is 1.45. The van der Waals surface area contributed by atoms with E-state index in [9.17, 15) is 0 Å². The van der Waals surface area contributed by atoms with Gasteiger partial charge in [-0.1, -0.05) is 6.42 Å². The first-order valence-electron chi connectivity index (χ1n) is 5.91. The Morgan fingerprint density at radius 1 is 1.38 bits per heavy atom. The number of hydrogen-bond donors (Lipinski definition) is 2. The molecule has 0 aliphatic heterocycles. The number of nitrogens with two attached hydrogens (primary N) is 1. The summed E-state index contributed by atoms with van der Waals surface area (Å²) in [5.41, 5.74) is 6.78. The summed E-state index contributed by atoms with van der Waals surface area (Å²) < 4.78 is 0. The SMILES string of the molecule is CC(C)(N)CNc1ccc(C2CCC2)nn1. The van der Waals surface area contributed by atoms with Gasteiger partial charge in [-0.3, -0.25) is 0 Å². The van der Waals surface area contributed by atoms with Gasteiger partial charge in [0.15, 0.2) is 0 Å². The molecule has 3 N–H and O–H groups in total. The first-order chi connectivity index (χ1) is 7.54. The Hall–Kier alpha value is -1.16. The Kier molecular flexibility index (Phi) is 3.10. The fourth-order valence-corrected chi connectivity index (χ4v) is 1.68. The molecule has 1 heterocycles. The highest BCUT2D eigenvalue weighted by molar-refractivity contribution is 5.34. The fraction of sp³-hybridized carbons (Fsp3) is 0.667. The van der Waals surface area contributed by atoms with Gasteiger partial charge in [-0.05, 0) is 38.8 Å². The van der Waals surface area contributed by atoms with E-state index in [0.29, 0.717) is 12.5 Å². The molecule has 4 nitrogen and oxygen atoms in total. The molecule has 0 saturated heterocycles. The molecule has 16 heavy (non-hydrogen) atoms. The Morgan fingerprint density at radius 2 is 2.12 bits per heavy atom. The molecule has 1 aromatic rings. The van der Waals surface area contributed by atoms with E-state index in [1.165, 1.54) is 19.3 Å². The second-order valence-electron chi connectivity index (χ2n) is 5.31. The van der Waals surface area contributed by atoms with Crippen LogP contribution >= 0.6 is 0 Å². The van der Waals surface area contributed by atoms with Crippen LogP contribution in [0, 0.1) is 0 Å². The van der Waals surface area contributed by atoms with Crippen molar-refractivity contribution < 1.29 is 0 Å². The molecule has 0 aromatic carbocycles. The maximum Gasteiger partial charge on any atom is 0.148 e. The lowest BCUT2D eigenvalue weighted by Gasteiger charge is -2.24. The lowest BCUT2D eigenvalue weighted by Crippen LogP contribution is -2.39. The average Bonchev–Trinajstić information content (AvgIpc) is 2.13. The lowest BCUT2D eigenvalue weighted by atomic mass is 9.83. The molecular formula is C12H20N4.